The van der Waals surface area contributed by atoms with Crippen molar-refractivity contribution in [3.8, 4) is 11.3 Å². The van der Waals surface area contributed by atoms with Crippen LogP contribution in [0.4, 0.5) is 17.1 Å². The second-order valence-electron chi connectivity index (χ2n) is 10.2. The molecule has 0 N–H and O–H groups in total. The van der Waals surface area contributed by atoms with E-state index in [1.54, 1.807) is 6.20 Å². The van der Waals surface area contributed by atoms with Crippen LogP contribution in [0.2, 0.25) is 0 Å². The third-order valence-electron chi connectivity index (χ3n) is 7.86. The van der Waals surface area contributed by atoms with Crippen molar-refractivity contribution in [2.75, 3.05) is 16.8 Å². The number of hydrogen-bond donors (Lipinski definition) is 0. The van der Waals surface area contributed by atoms with Gasteiger partial charge in [-0.3, -0.25) is 0 Å². The summed E-state index contributed by atoms with van der Waals surface area (Å²) in [5.41, 5.74) is 9.28. The van der Waals surface area contributed by atoms with Crippen molar-refractivity contribution in [1.82, 2.24) is 9.38 Å². The molecule has 0 amide bonds. The molecule has 0 unspecified atom stereocenters. The van der Waals surface area contributed by atoms with Gasteiger partial charge in [-0.25, -0.2) is 0 Å². The van der Waals surface area contributed by atoms with E-state index < -0.39 is 0 Å². The molecule has 0 spiro atoms. The molecule has 42 heavy (non-hydrogen) atoms. The van der Waals surface area contributed by atoms with Crippen LogP contribution in [0.5, 0.6) is 0 Å². The molecule has 0 saturated heterocycles. The standard InChI is InChI=1S/C26H17N3.C11H8N.Ir/c1-27-16-28(23-13-7-6-12-22(23)27)24-15-14-18-17-8-2-4-10-20(17)29-21-11-5-3-9-19(21)25(24)26(18)29;1-2-6-10(7-3-1)11-8-4-5-9-12-11;/h2-14,16H,1H3;1-6,8-9H;/q-2;-1;+3. The summed E-state index contributed by atoms with van der Waals surface area (Å²) in [4.78, 5) is 8.67. The van der Waals surface area contributed by atoms with E-state index in [0.717, 1.165) is 16.9 Å². The fourth-order valence-electron chi connectivity index (χ4n) is 6.07. The fraction of sp³-hybridized carbons (Fsp3) is 0.0270. The van der Waals surface area contributed by atoms with Crippen LogP contribution in [-0.2, 0) is 20.1 Å². The molecule has 5 heteroatoms. The first-order valence-corrected chi connectivity index (χ1v) is 13.7. The molecule has 3 aromatic heterocycles. The number of para-hydroxylation sites is 4. The van der Waals surface area contributed by atoms with Crippen LogP contribution in [0, 0.1) is 18.8 Å². The summed E-state index contributed by atoms with van der Waals surface area (Å²) in [7, 11) is 2.10. The molecule has 0 fully saturated rings. The van der Waals surface area contributed by atoms with E-state index in [1.165, 1.54) is 49.5 Å². The Kier molecular flexibility index (Phi) is 6.62. The molecule has 0 radical (unpaired) electrons. The van der Waals surface area contributed by atoms with E-state index in [-0.39, 0.29) is 20.1 Å². The van der Waals surface area contributed by atoms with Crippen LogP contribution in [0.25, 0.3) is 49.4 Å². The number of hydrogen-bond acceptors (Lipinski definition) is 3. The zero-order chi connectivity index (χ0) is 27.3. The number of aromatic nitrogens is 2. The van der Waals surface area contributed by atoms with Crippen LogP contribution in [0.3, 0.4) is 0 Å². The van der Waals surface area contributed by atoms with Crippen molar-refractivity contribution < 1.29 is 20.1 Å². The summed E-state index contributed by atoms with van der Waals surface area (Å²) < 4.78 is 2.42. The zero-order valence-electron chi connectivity index (χ0n) is 22.8. The SMILES string of the molecule is CN1[CH-]N(c2[c-]cc3c4ccccc4n4c5ccccc5c2c34)c2ccccc21.[Ir+3].[c-]1ccccc1-c1ccccn1. The van der Waals surface area contributed by atoms with E-state index in [2.05, 4.69) is 124 Å². The minimum Gasteiger partial charge on any atom is -0.504 e. The zero-order valence-corrected chi connectivity index (χ0v) is 25.2. The first-order chi connectivity index (χ1) is 20.3. The molecular formula is C37H25IrN4. The summed E-state index contributed by atoms with van der Waals surface area (Å²) in [6, 6.07) is 48.5. The topological polar surface area (TPSA) is 23.8 Å². The number of nitrogens with zero attached hydrogens (tertiary/aromatic N) is 4. The Labute approximate surface area is 258 Å². The smallest absolute Gasteiger partial charge is 0.504 e. The van der Waals surface area contributed by atoms with Gasteiger partial charge in [0.15, 0.2) is 0 Å². The molecule has 0 saturated carbocycles. The average Bonchev–Trinajstić information content (AvgIpc) is 3.69. The van der Waals surface area contributed by atoms with Crippen LogP contribution < -0.4 is 9.80 Å². The van der Waals surface area contributed by atoms with Gasteiger partial charge in [0.05, 0.1) is 0 Å². The van der Waals surface area contributed by atoms with Gasteiger partial charge < -0.3 is 19.2 Å². The van der Waals surface area contributed by atoms with E-state index in [0.29, 0.717) is 0 Å². The minimum atomic E-state index is 0. The van der Waals surface area contributed by atoms with Crippen molar-refractivity contribution >= 4 is 55.2 Å². The molecule has 8 aromatic rings. The Bertz CT molecular complexity index is 2120. The molecule has 202 valence electrons. The average molecular weight is 718 g/mol. The Hall–Kier alpha value is -4.70. The van der Waals surface area contributed by atoms with Crippen molar-refractivity contribution in [3.63, 3.8) is 0 Å². The maximum atomic E-state index is 4.22. The molecule has 4 nitrogen and oxygen atoms in total. The van der Waals surface area contributed by atoms with Crippen LogP contribution in [0.15, 0.2) is 128 Å². The minimum absolute atomic E-state index is 0. The van der Waals surface area contributed by atoms with Gasteiger partial charge in [0.1, 0.15) is 0 Å². The number of anilines is 3. The van der Waals surface area contributed by atoms with Crippen LogP contribution >= 0.6 is 0 Å². The van der Waals surface area contributed by atoms with Crippen molar-refractivity contribution in [3.05, 3.63) is 146 Å². The normalized spacial score (nSPS) is 12.5. The van der Waals surface area contributed by atoms with Gasteiger partial charge in [0, 0.05) is 28.6 Å². The molecular weight excluding hydrogens is 693 g/mol. The second-order valence-corrected chi connectivity index (χ2v) is 10.2. The Morgan fingerprint density at radius 1 is 0.667 bits per heavy atom. The molecule has 4 heterocycles. The van der Waals surface area contributed by atoms with Gasteiger partial charge in [0.25, 0.3) is 0 Å². The van der Waals surface area contributed by atoms with E-state index in [1.807, 2.05) is 42.5 Å². The molecule has 0 atom stereocenters. The monoisotopic (exact) mass is 718 g/mol. The predicted octanol–water partition coefficient (Wildman–Crippen LogP) is 8.89. The Balaban J connectivity index is 0.000000188. The molecule has 5 aromatic carbocycles. The largest absolute Gasteiger partial charge is 3.00 e. The fourth-order valence-corrected chi connectivity index (χ4v) is 6.07. The second kappa shape index (κ2) is 10.6. The van der Waals surface area contributed by atoms with Crippen molar-refractivity contribution in [2.24, 2.45) is 0 Å². The number of fused-ring (bicyclic) bond motifs is 7. The van der Waals surface area contributed by atoms with Gasteiger partial charge in [-0.2, -0.15) is 18.8 Å². The third kappa shape index (κ3) is 4.05. The van der Waals surface area contributed by atoms with Gasteiger partial charge >= 0.3 is 20.1 Å². The number of rotatable bonds is 2. The predicted molar refractivity (Wildman–Crippen MR) is 170 cm³/mol. The van der Waals surface area contributed by atoms with Gasteiger partial charge in [-0.05, 0) is 59.4 Å². The van der Waals surface area contributed by atoms with Crippen LogP contribution in [0.1, 0.15) is 0 Å². The summed E-state index contributed by atoms with van der Waals surface area (Å²) in [6.07, 6.45) is 1.79. The summed E-state index contributed by atoms with van der Waals surface area (Å²) in [5.74, 6) is 0. The molecule has 9 rings (SSSR count). The van der Waals surface area contributed by atoms with E-state index >= 15 is 0 Å². The first-order valence-electron chi connectivity index (χ1n) is 13.7. The van der Waals surface area contributed by atoms with E-state index in [9.17, 15) is 0 Å². The maximum absolute atomic E-state index is 4.22. The Morgan fingerprint density at radius 2 is 1.36 bits per heavy atom. The van der Waals surface area contributed by atoms with Crippen molar-refractivity contribution in [2.45, 2.75) is 0 Å². The van der Waals surface area contributed by atoms with Crippen molar-refractivity contribution in [1.29, 1.82) is 0 Å². The van der Waals surface area contributed by atoms with Gasteiger partial charge in [0.2, 0.25) is 0 Å². The molecule has 0 bridgehead atoms. The molecule has 1 aliphatic heterocycles. The molecule has 0 aliphatic carbocycles. The number of pyridine rings is 1. The summed E-state index contributed by atoms with van der Waals surface area (Å²) in [5, 5.41) is 5.07. The van der Waals surface area contributed by atoms with E-state index in [4.69, 9.17) is 0 Å². The quantitative estimate of drug-likeness (QED) is 0.167. The first kappa shape index (κ1) is 26.2. The third-order valence-corrected chi connectivity index (χ3v) is 7.86. The maximum Gasteiger partial charge on any atom is 3.00 e. The number of benzene rings is 5. The molecule has 1 aliphatic rings. The van der Waals surface area contributed by atoms with Crippen LogP contribution in [-0.4, -0.2) is 16.4 Å². The summed E-state index contributed by atoms with van der Waals surface area (Å²) >= 11 is 0. The van der Waals surface area contributed by atoms with Gasteiger partial charge in [-0.1, -0.05) is 71.7 Å². The Morgan fingerprint density at radius 3 is 2.12 bits per heavy atom. The van der Waals surface area contributed by atoms with Gasteiger partial charge in [-0.15, -0.1) is 41.3 Å². The summed E-state index contributed by atoms with van der Waals surface area (Å²) in [6.45, 7) is 2.16.